The van der Waals surface area contributed by atoms with Gasteiger partial charge in [-0.2, -0.15) is 0 Å². The minimum absolute atomic E-state index is 0.255. The van der Waals surface area contributed by atoms with Gasteiger partial charge in [0.15, 0.2) is 0 Å². The summed E-state index contributed by atoms with van der Waals surface area (Å²) in [6.07, 6.45) is 1.90. The molecule has 1 N–H and O–H groups in total. The number of anilines is 1. The fraction of sp³-hybridized carbons (Fsp3) is 0.0952. The largest absolute Gasteiger partial charge is 0.304 e. The molecule has 5 heteroatoms. The van der Waals surface area contributed by atoms with E-state index in [0.29, 0.717) is 11.5 Å². The van der Waals surface area contributed by atoms with Crippen LogP contribution in [-0.2, 0) is 0 Å². The number of aryl methyl sites for hydroxylation is 2. The highest BCUT2D eigenvalue weighted by molar-refractivity contribution is 6.04. The number of rotatable bonds is 3. The van der Waals surface area contributed by atoms with E-state index in [1.165, 1.54) is 0 Å². The Morgan fingerprint density at radius 2 is 1.73 bits per heavy atom. The predicted molar refractivity (Wildman–Crippen MR) is 102 cm³/mol. The lowest BCUT2D eigenvalue weighted by molar-refractivity contribution is 0.102. The standard InChI is InChI=1S/C21H18N4O/c1-14-8-7-13-25-19(14)23-18(16-10-4-3-5-11-16)20(25)24-21(26)17-12-6-9-15(2)22-17/h3-13H,1-2H3,(H,24,26). The van der Waals surface area contributed by atoms with E-state index in [-0.39, 0.29) is 5.91 Å². The number of carbonyl (C=O) groups excluding carboxylic acids is 1. The number of imidazole rings is 1. The first-order chi connectivity index (χ1) is 12.6. The minimum atomic E-state index is -0.255. The second kappa shape index (κ2) is 6.44. The van der Waals surface area contributed by atoms with E-state index in [0.717, 1.165) is 28.2 Å². The van der Waals surface area contributed by atoms with Crippen molar-refractivity contribution in [3.8, 4) is 11.3 Å². The second-order valence-electron chi connectivity index (χ2n) is 6.18. The number of pyridine rings is 2. The van der Waals surface area contributed by atoms with Crippen molar-refractivity contribution in [3.05, 3.63) is 83.8 Å². The zero-order chi connectivity index (χ0) is 18.1. The molecule has 0 saturated carbocycles. The van der Waals surface area contributed by atoms with E-state index in [1.54, 1.807) is 6.07 Å². The molecule has 0 aliphatic carbocycles. The lowest BCUT2D eigenvalue weighted by Crippen LogP contribution is -2.16. The number of fused-ring (bicyclic) bond motifs is 1. The Morgan fingerprint density at radius 3 is 2.50 bits per heavy atom. The number of amides is 1. The Bertz CT molecular complexity index is 1100. The maximum atomic E-state index is 12.8. The molecule has 0 fully saturated rings. The number of hydrogen-bond donors (Lipinski definition) is 1. The zero-order valence-electron chi connectivity index (χ0n) is 14.6. The lowest BCUT2D eigenvalue weighted by Gasteiger charge is -2.08. The fourth-order valence-electron chi connectivity index (χ4n) is 2.96. The summed E-state index contributed by atoms with van der Waals surface area (Å²) in [5.41, 5.74) is 4.73. The summed E-state index contributed by atoms with van der Waals surface area (Å²) in [6, 6.07) is 19.2. The molecule has 128 valence electrons. The zero-order valence-corrected chi connectivity index (χ0v) is 14.6. The van der Waals surface area contributed by atoms with Crippen LogP contribution in [0.15, 0.2) is 66.9 Å². The van der Waals surface area contributed by atoms with Gasteiger partial charge in [-0.3, -0.25) is 9.20 Å². The van der Waals surface area contributed by atoms with Gasteiger partial charge >= 0.3 is 0 Å². The molecule has 5 nitrogen and oxygen atoms in total. The van der Waals surface area contributed by atoms with Gasteiger partial charge in [-0.15, -0.1) is 0 Å². The van der Waals surface area contributed by atoms with Gasteiger partial charge in [0.05, 0.1) is 0 Å². The maximum absolute atomic E-state index is 12.8. The molecule has 0 unspecified atom stereocenters. The van der Waals surface area contributed by atoms with Gasteiger partial charge in [-0.1, -0.05) is 42.5 Å². The molecule has 4 rings (SSSR count). The van der Waals surface area contributed by atoms with Crippen molar-refractivity contribution in [3.63, 3.8) is 0 Å². The van der Waals surface area contributed by atoms with Crippen LogP contribution in [0.5, 0.6) is 0 Å². The summed E-state index contributed by atoms with van der Waals surface area (Å²) in [5, 5.41) is 3.00. The first-order valence-electron chi connectivity index (χ1n) is 8.41. The van der Waals surface area contributed by atoms with Gasteiger partial charge < -0.3 is 5.32 Å². The van der Waals surface area contributed by atoms with Gasteiger partial charge in [-0.25, -0.2) is 9.97 Å². The maximum Gasteiger partial charge on any atom is 0.275 e. The highest BCUT2D eigenvalue weighted by Crippen LogP contribution is 2.30. The smallest absolute Gasteiger partial charge is 0.275 e. The van der Waals surface area contributed by atoms with Crippen molar-refractivity contribution >= 4 is 17.4 Å². The van der Waals surface area contributed by atoms with Crippen molar-refractivity contribution in [2.45, 2.75) is 13.8 Å². The van der Waals surface area contributed by atoms with Crippen molar-refractivity contribution in [1.82, 2.24) is 14.4 Å². The number of nitrogens with one attached hydrogen (secondary N) is 1. The SMILES string of the molecule is Cc1cccc(C(=O)Nc2c(-c3ccccc3)nc3c(C)cccn23)n1. The van der Waals surface area contributed by atoms with Gasteiger partial charge in [-0.05, 0) is 37.6 Å². The average Bonchev–Trinajstić information content (AvgIpc) is 3.02. The third kappa shape index (κ3) is 2.84. The molecule has 0 aliphatic rings. The molecule has 0 saturated heterocycles. The molecule has 1 amide bonds. The van der Waals surface area contributed by atoms with Crippen LogP contribution >= 0.6 is 0 Å². The highest BCUT2D eigenvalue weighted by atomic mass is 16.2. The molecule has 3 aromatic heterocycles. The van der Waals surface area contributed by atoms with E-state index in [4.69, 9.17) is 4.98 Å². The Balaban J connectivity index is 1.85. The Morgan fingerprint density at radius 1 is 0.923 bits per heavy atom. The Kier molecular flexibility index (Phi) is 3.97. The van der Waals surface area contributed by atoms with Crippen LogP contribution in [0.4, 0.5) is 5.82 Å². The third-order valence-corrected chi connectivity index (χ3v) is 4.25. The monoisotopic (exact) mass is 342 g/mol. The predicted octanol–water partition coefficient (Wildman–Crippen LogP) is 4.27. The van der Waals surface area contributed by atoms with Gasteiger partial charge in [0, 0.05) is 17.5 Å². The normalized spacial score (nSPS) is 10.8. The minimum Gasteiger partial charge on any atom is -0.304 e. The van der Waals surface area contributed by atoms with Crippen molar-refractivity contribution in [2.75, 3.05) is 5.32 Å². The molecule has 0 atom stereocenters. The summed E-state index contributed by atoms with van der Waals surface area (Å²) >= 11 is 0. The van der Waals surface area contributed by atoms with E-state index in [2.05, 4.69) is 10.3 Å². The van der Waals surface area contributed by atoms with Crippen LogP contribution in [-0.4, -0.2) is 20.3 Å². The van der Waals surface area contributed by atoms with Crippen molar-refractivity contribution < 1.29 is 4.79 Å². The molecule has 4 aromatic rings. The number of benzene rings is 1. The lowest BCUT2D eigenvalue weighted by atomic mass is 10.1. The van der Waals surface area contributed by atoms with E-state index >= 15 is 0 Å². The summed E-state index contributed by atoms with van der Waals surface area (Å²) in [4.78, 5) is 21.8. The van der Waals surface area contributed by atoms with Crippen molar-refractivity contribution in [1.29, 1.82) is 0 Å². The first-order valence-corrected chi connectivity index (χ1v) is 8.41. The number of hydrogen-bond acceptors (Lipinski definition) is 3. The average molecular weight is 342 g/mol. The summed E-state index contributed by atoms with van der Waals surface area (Å²) < 4.78 is 1.91. The molecular formula is C21H18N4O. The Hall–Kier alpha value is -3.47. The van der Waals surface area contributed by atoms with Crippen LogP contribution in [0.25, 0.3) is 16.9 Å². The van der Waals surface area contributed by atoms with Gasteiger partial charge in [0.1, 0.15) is 22.9 Å². The van der Waals surface area contributed by atoms with E-state index < -0.39 is 0 Å². The first kappa shape index (κ1) is 16.0. The van der Waals surface area contributed by atoms with Crippen LogP contribution in [0, 0.1) is 13.8 Å². The van der Waals surface area contributed by atoms with Crippen LogP contribution in [0.2, 0.25) is 0 Å². The van der Waals surface area contributed by atoms with Gasteiger partial charge in [0.2, 0.25) is 0 Å². The van der Waals surface area contributed by atoms with E-state index in [1.807, 2.05) is 79.0 Å². The molecule has 1 aromatic carbocycles. The fourth-order valence-corrected chi connectivity index (χ4v) is 2.96. The van der Waals surface area contributed by atoms with E-state index in [9.17, 15) is 4.79 Å². The quantitative estimate of drug-likeness (QED) is 0.605. The summed E-state index contributed by atoms with van der Waals surface area (Å²) in [7, 11) is 0. The Labute approximate surface area is 151 Å². The molecule has 3 heterocycles. The molecule has 0 bridgehead atoms. The summed E-state index contributed by atoms with van der Waals surface area (Å²) in [5.74, 6) is 0.386. The third-order valence-electron chi connectivity index (χ3n) is 4.25. The number of aromatic nitrogens is 3. The topological polar surface area (TPSA) is 59.3 Å². The van der Waals surface area contributed by atoms with Crippen LogP contribution < -0.4 is 5.32 Å². The molecule has 0 aliphatic heterocycles. The van der Waals surface area contributed by atoms with Gasteiger partial charge in [0.25, 0.3) is 5.91 Å². The van der Waals surface area contributed by atoms with Crippen molar-refractivity contribution in [2.24, 2.45) is 0 Å². The number of nitrogens with zero attached hydrogens (tertiary/aromatic N) is 3. The van der Waals surface area contributed by atoms with Crippen LogP contribution in [0.3, 0.4) is 0 Å². The highest BCUT2D eigenvalue weighted by Gasteiger charge is 2.18. The second-order valence-corrected chi connectivity index (χ2v) is 6.18. The molecule has 0 spiro atoms. The molecule has 0 radical (unpaired) electrons. The molecule has 26 heavy (non-hydrogen) atoms. The number of carbonyl (C=O) groups is 1. The van der Waals surface area contributed by atoms with Crippen LogP contribution in [0.1, 0.15) is 21.7 Å². The molecular weight excluding hydrogens is 324 g/mol. The summed E-state index contributed by atoms with van der Waals surface area (Å²) in [6.45, 7) is 3.87.